The van der Waals surface area contributed by atoms with Gasteiger partial charge in [-0.05, 0) is 70.4 Å². The van der Waals surface area contributed by atoms with Crippen LogP contribution in [-0.2, 0) is 0 Å². The van der Waals surface area contributed by atoms with Crippen molar-refractivity contribution >= 4 is 28.4 Å². The number of nitrogens with zero attached hydrogens (tertiary/aromatic N) is 2. The van der Waals surface area contributed by atoms with Crippen molar-refractivity contribution in [2.45, 2.75) is 71.4 Å². The normalized spacial score (nSPS) is 14.9. The average Bonchev–Trinajstić information content (AvgIpc) is 3.13. The Morgan fingerprint density at radius 1 is 1.18 bits per heavy atom. The first-order valence-electron chi connectivity index (χ1n) is 11.1. The molecule has 9 heteroatoms. The first-order valence-corrected chi connectivity index (χ1v) is 11.1. The summed E-state index contributed by atoms with van der Waals surface area (Å²) in [4.78, 5) is 22.4. The zero-order valence-electron chi connectivity index (χ0n) is 19.4. The van der Waals surface area contributed by atoms with Crippen molar-refractivity contribution in [3.8, 4) is 0 Å². The number of benzene rings is 1. The van der Waals surface area contributed by atoms with Crippen LogP contribution in [0.2, 0.25) is 0 Å². The molecule has 0 saturated heterocycles. The number of aliphatic hydroxyl groups is 1. The van der Waals surface area contributed by atoms with Crippen LogP contribution in [0.25, 0.3) is 11.0 Å². The number of halogens is 2. The molecule has 33 heavy (non-hydrogen) atoms. The highest BCUT2D eigenvalue weighted by atomic mass is 19.3. The van der Waals surface area contributed by atoms with Gasteiger partial charge in [-0.25, -0.2) is 13.8 Å². The molecule has 0 aliphatic heterocycles. The smallest absolute Gasteiger partial charge is 0.269 e. The minimum atomic E-state index is -2.85. The topological polar surface area (TPSA) is 103 Å². The summed E-state index contributed by atoms with van der Waals surface area (Å²) in [6.07, 6.45) is 3.00. The molecule has 1 saturated carbocycles. The minimum Gasteiger partial charge on any atom is -0.390 e. The lowest BCUT2D eigenvalue weighted by Crippen LogP contribution is -2.17. The average molecular weight is 460 g/mol. The molecule has 0 unspecified atom stereocenters. The second kappa shape index (κ2) is 10.2. The van der Waals surface area contributed by atoms with Crippen molar-refractivity contribution in [1.82, 2.24) is 15.0 Å². The van der Waals surface area contributed by atoms with E-state index in [1.807, 2.05) is 32.0 Å². The van der Waals surface area contributed by atoms with Crippen LogP contribution in [0.4, 0.5) is 26.1 Å². The van der Waals surface area contributed by atoms with Gasteiger partial charge in [0.1, 0.15) is 5.65 Å². The molecule has 1 aliphatic carbocycles. The van der Waals surface area contributed by atoms with Crippen molar-refractivity contribution in [2.75, 3.05) is 10.6 Å². The van der Waals surface area contributed by atoms with Crippen LogP contribution in [0.3, 0.4) is 0 Å². The summed E-state index contributed by atoms with van der Waals surface area (Å²) in [7, 11) is 0. The van der Waals surface area contributed by atoms with E-state index in [4.69, 9.17) is 0 Å². The van der Waals surface area contributed by atoms with Crippen LogP contribution in [0.5, 0.6) is 0 Å². The predicted octanol–water partition coefficient (Wildman–Crippen LogP) is 5.44. The maximum Gasteiger partial charge on any atom is 0.269 e. The molecule has 7 nitrogen and oxygen atoms in total. The second-order valence-corrected chi connectivity index (χ2v) is 9.01. The number of aromatic nitrogens is 3. The Bertz CT molecular complexity index is 1150. The number of nitrogens with one attached hydrogen (secondary N) is 3. The number of fused-ring (bicyclic) bond motifs is 1. The molecular formula is C24H31F2N5O2. The van der Waals surface area contributed by atoms with Gasteiger partial charge in [0.25, 0.3) is 12.0 Å². The van der Waals surface area contributed by atoms with E-state index in [0.717, 1.165) is 35.8 Å². The highest BCUT2D eigenvalue weighted by molar-refractivity contribution is 5.76. The van der Waals surface area contributed by atoms with Crippen LogP contribution in [0.1, 0.15) is 64.0 Å². The molecule has 0 bridgehead atoms. The Morgan fingerprint density at radius 3 is 2.42 bits per heavy atom. The molecular weight excluding hydrogens is 428 g/mol. The van der Waals surface area contributed by atoms with E-state index in [1.165, 1.54) is 19.0 Å². The predicted molar refractivity (Wildman–Crippen MR) is 127 cm³/mol. The van der Waals surface area contributed by atoms with Gasteiger partial charge in [-0.3, -0.25) is 4.79 Å². The quantitative estimate of drug-likeness (QED) is 0.405. The number of hydrogen-bond acceptors (Lipinski definition) is 6. The third-order valence-corrected chi connectivity index (χ3v) is 5.47. The number of hydrogen-bond donors (Lipinski definition) is 4. The molecule has 3 aromatic rings. The molecule has 4 rings (SSSR count). The summed E-state index contributed by atoms with van der Waals surface area (Å²) in [5.74, 6) is 0.269. The third-order valence-electron chi connectivity index (χ3n) is 5.47. The number of H-pyrrole nitrogens is 1. The molecule has 0 spiro atoms. The Labute approximate surface area is 191 Å². The number of aryl methyl sites for hydroxylation is 1. The van der Waals surface area contributed by atoms with Crippen LogP contribution in [0.15, 0.2) is 35.3 Å². The van der Waals surface area contributed by atoms with Crippen molar-refractivity contribution in [2.24, 2.45) is 0 Å². The van der Waals surface area contributed by atoms with Crippen LogP contribution in [-0.4, -0.2) is 31.7 Å². The van der Waals surface area contributed by atoms with E-state index >= 15 is 0 Å². The number of rotatable bonds is 5. The lowest BCUT2D eigenvalue weighted by atomic mass is 10.1. The first kappa shape index (κ1) is 24.6. The second-order valence-electron chi connectivity index (χ2n) is 9.01. The van der Waals surface area contributed by atoms with Gasteiger partial charge in [-0.1, -0.05) is 12.8 Å². The maximum atomic E-state index is 12.8. The summed E-state index contributed by atoms with van der Waals surface area (Å²) < 4.78 is 25.6. The van der Waals surface area contributed by atoms with E-state index in [-0.39, 0.29) is 17.2 Å². The van der Waals surface area contributed by atoms with Gasteiger partial charge in [0.2, 0.25) is 5.95 Å². The summed E-state index contributed by atoms with van der Waals surface area (Å²) in [5, 5.41) is 15.9. The molecule has 1 aromatic carbocycles. The zero-order chi connectivity index (χ0) is 24.2. The fourth-order valence-electron chi connectivity index (χ4n) is 3.72. The Morgan fingerprint density at radius 2 is 1.88 bits per heavy atom. The van der Waals surface area contributed by atoms with Gasteiger partial charge in [-0.15, -0.1) is 0 Å². The van der Waals surface area contributed by atoms with Crippen LogP contribution in [0, 0.1) is 6.92 Å². The molecule has 2 aromatic heterocycles. The van der Waals surface area contributed by atoms with Crippen LogP contribution >= 0.6 is 0 Å². The van der Waals surface area contributed by atoms with E-state index in [0.29, 0.717) is 11.4 Å². The van der Waals surface area contributed by atoms with Gasteiger partial charge < -0.3 is 20.7 Å². The maximum absolute atomic E-state index is 12.8. The highest BCUT2D eigenvalue weighted by Gasteiger charge is 2.24. The molecule has 0 radical (unpaired) electrons. The van der Waals surface area contributed by atoms with Crippen molar-refractivity contribution in [1.29, 1.82) is 0 Å². The SMILES string of the molecule is CC1(O)CCCC1.Cc1cc(NC(C)C)ccc1Nc1ncc2cc(C(F)F)c(=O)[nH]c2n1. The Hall–Kier alpha value is -3.07. The highest BCUT2D eigenvalue weighted by Crippen LogP contribution is 2.28. The molecule has 1 aliphatic rings. The number of pyridine rings is 1. The Kier molecular flexibility index (Phi) is 7.63. The summed E-state index contributed by atoms with van der Waals surface area (Å²) in [5.41, 5.74) is 1.26. The molecule has 2 heterocycles. The fraction of sp³-hybridized carbons (Fsp3) is 0.458. The monoisotopic (exact) mass is 459 g/mol. The van der Waals surface area contributed by atoms with E-state index in [2.05, 4.69) is 39.4 Å². The lowest BCUT2D eigenvalue weighted by molar-refractivity contribution is 0.0681. The van der Waals surface area contributed by atoms with Gasteiger partial charge in [0, 0.05) is 29.0 Å². The van der Waals surface area contributed by atoms with E-state index in [1.54, 1.807) is 0 Å². The fourth-order valence-corrected chi connectivity index (χ4v) is 3.72. The summed E-state index contributed by atoms with van der Waals surface area (Å²) >= 11 is 0. The molecule has 4 N–H and O–H groups in total. The molecule has 1 fully saturated rings. The largest absolute Gasteiger partial charge is 0.390 e. The van der Waals surface area contributed by atoms with Crippen LogP contribution < -0.4 is 16.2 Å². The minimum absolute atomic E-state index is 0.202. The first-order chi connectivity index (χ1) is 15.5. The molecule has 178 valence electrons. The number of aromatic amines is 1. The van der Waals surface area contributed by atoms with Gasteiger partial charge in [0.05, 0.1) is 11.2 Å². The van der Waals surface area contributed by atoms with Gasteiger partial charge in [0.15, 0.2) is 0 Å². The van der Waals surface area contributed by atoms with Crippen molar-refractivity contribution in [3.05, 3.63) is 51.9 Å². The summed E-state index contributed by atoms with van der Waals surface area (Å²) in [6, 6.07) is 7.27. The van der Waals surface area contributed by atoms with Crippen molar-refractivity contribution < 1.29 is 13.9 Å². The molecule has 0 amide bonds. The zero-order valence-corrected chi connectivity index (χ0v) is 19.4. The third kappa shape index (κ3) is 6.71. The number of anilines is 3. The Balaban J connectivity index is 0.000000374. The standard InChI is InChI=1S/C18H19F2N5O.C6H12O/c1-9(2)22-12-4-5-14(10(3)6-12)23-18-21-8-11-7-13(15(19)20)17(26)24-16(11)25-18;1-6(7)4-2-3-5-6/h4-9,15,22H,1-3H3,(H2,21,23,24,25,26);7H,2-5H2,1H3. The van der Waals surface area contributed by atoms with E-state index in [9.17, 15) is 18.7 Å². The van der Waals surface area contributed by atoms with Gasteiger partial charge >= 0.3 is 0 Å². The molecule has 0 atom stereocenters. The lowest BCUT2D eigenvalue weighted by Gasteiger charge is -2.13. The number of alkyl halides is 2. The summed E-state index contributed by atoms with van der Waals surface area (Å²) in [6.45, 7) is 7.99. The van der Waals surface area contributed by atoms with Gasteiger partial charge in [-0.2, -0.15) is 4.98 Å². The van der Waals surface area contributed by atoms with Crippen molar-refractivity contribution in [3.63, 3.8) is 0 Å². The van der Waals surface area contributed by atoms with E-state index < -0.39 is 17.5 Å².